The first-order valence-corrected chi connectivity index (χ1v) is 6.91. The van der Waals surface area contributed by atoms with Gasteiger partial charge in [0.15, 0.2) is 11.5 Å². The van der Waals surface area contributed by atoms with Gasteiger partial charge >= 0.3 is 0 Å². The van der Waals surface area contributed by atoms with Crippen LogP contribution in [0.3, 0.4) is 0 Å². The van der Waals surface area contributed by atoms with Crippen LogP contribution in [-0.4, -0.2) is 19.3 Å². The molecule has 0 aliphatic heterocycles. The van der Waals surface area contributed by atoms with E-state index in [0.29, 0.717) is 19.1 Å². The lowest BCUT2D eigenvalue weighted by Crippen LogP contribution is -2.22. The van der Waals surface area contributed by atoms with Crippen LogP contribution in [0.5, 0.6) is 11.5 Å². The number of hydrogen-bond acceptors (Lipinski definition) is 3. The summed E-state index contributed by atoms with van der Waals surface area (Å²) in [5.74, 6) is 2.14. The molecule has 1 aliphatic carbocycles. The monoisotopic (exact) mass is 249 g/mol. The van der Waals surface area contributed by atoms with Gasteiger partial charge in [0.1, 0.15) is 0 Å². The molecule has 0 spiro atoms. The van der Waals surface area contributed by atoms with Gasteiger partial charge in [-0.05, 0) is 50.3 Å². The lowest BCUT2D eigenvalue weighted by molar-refractivity contribution is 0.287. The topological polar surface area (TPSA) is 44.5 Å². The summed E-state index contributed by atoms with van der Waals surface area (Å²) in [6, 6.07) is 6.53. The van der Waals surface area contributed by atoms with Crippen molar-refractivity contribution < 1.29 is 9.47 Å². The third-order valence-corrected chi connectivity index (χ3v) is 3.57. The van der Waals surface area contributed by atoms with E-state index < -0.39 is 0 Å². The maximum Gasteiger partial charge on any atom is 0.161 e. The van der Waals surface area contributed by atoms with Crippen molar-refractivity contribution in [3.8, 4) is 11.5 Å². The van der Waals surface area contributed by atoms with Crippen LogP contribution in [0.15, 0.2) is 18.2 Å². The SMILES string of the molecule is CCOc1ccc(C2CCCC2N)cc1OCC. The van der Waals surface area contributed by atoms with Gasteiger partial charge in [0, 0.05) is 6.04 Å². The van der Waals surface area contributed by atoms with Crippen molar-refractivity contribution in [2.24, 2.45) is 5.73 Å². The number of benzene rings is 1. The Hall–Kier alpha value is -1.22. The Morgan fingerprint density at radius 3 is 2.44 bits per heavy atom. The van der Waals surface area contributed by atoms with Gasteiger partial charge in [0.05, 0.1) is 13.2 Å². The maximum atomic E-state index is 6.16. The highest BCUT2D eigenvalue weighted by molar-refractivity contribution is 5.44. The molecule has 0 aromatic heterocycles. The van der Waals surface area contributed by atoms with E-state index in [1.807, 2.05) is 19.9 Å². The minimum absolute atomic E-state index is 0.289. The molecule has 2 N–H and O–H groups in total. The van der Waals surface area contributed by atoms with E-state index in [0.717, 1.165) is 17.9 Å². The van der Waals surface area contributed by atoms with Crippen LogP contribution in [0.4, 0.5) is 0 Å². The van der Waals surface area contributed by atoms with E-state index in [9.17, 15) is 0 Å². The molecular weight excluding hydrogens is 226 g/mol. The number of hydrogen-bond donors (Lipinski definition) is 1. The van der Waals surface area contributed by atoms with Crippen molar-refractivity contribution in [1.29, 1.82) is 0 Å². The quantitative estimate of drug-likeness (QED) is 0.872. The standard InChI is InChI=1S/C15H23NO2/c1-3-17-14-9-8-11(10-15(14)18-4-2)12-6-5-7-13(12)16/h8-10,12-13H,3-7,16H2,1-2H3. The van der Waals surface area contributed by atoms with Crippen LogP contribution in [0.2, 0.25) is 0 Å². The minimum atomic E-state index is 0.289. The Bertz CT molecular complexity index is 392. The molecule has 3 heteroatoms. The Morgan fingerprint density at radius 2 is 1.83 bits per heavy atom. The molecule has 2 atom stereocenters. The van der Waals surface area contributed by atoms with Gasteiger partial charge in [-0.1, -0.05) is 12.5 Å². The number of ether oxygens (including phenoxy) is 2. The van der Waals surface area contributed by atoms with E-state index in [1.54, 1.807) is 0 Å². The van der Waals surface area contributed by atoms with E-state index in [4.69, 9.17) is 15.2 Å². The van der Waals surface area contributed by atoms with Gasteiger partial charge in [-0.2, -0.15) is 0 Å². The van der Waals surface area contributed by atoms with Crippen molar-refractivity contribution in [2.75, 3.05) is 13.2 Å². The van der Waals surface area contributed by atoms with Crippen molar-refractivity contribution in [2.45, 2.75) is 45.1 Å². The minimum Gasteiger partial charge on any atom is -0.490 e. The molecule has 100 valence electrons. The fourth-order valence-electron chi connectivity index (χ4n) is 2.70. The van der Waals surface area contributed by atoms with Gasteiger partial charge in [0.2, 0.25) is 0 Å². The zero-order valence-corrected chi connectivity index (χ0v) is 11.3. The molecular formula is C15H23NO2. The molecule has 1 saturated carbocycles. The second-order valence-electron chi connectivity index (χ2n) is 4.77. The average Bonchev–Trinajstić information content (AvgIpc) is 2.78. The molecule has 1 aliphatic rings. The van der Waals surface area contributed by atoms with Gasteiger partial charge in [-0.3, -0.25) is 0 Å². The van der Waals surface area contributed by atoms with Crippen molar-refractivity contribution in [3.05, 3.63) is 23.8 Å². The summed E-state index contributed by atoms with van der Waals surface area (Å²) in [7, 11) is 0. The van der Waals surface area contributed by atoms with Crippen LogP contribution in [0.1, 0.15) is 44.6 Å². The zero-order valence-electron chi connectivity index (χ0n) is 11.3. The normalized spacial score (nSPS) is 23.1. The number of rotatable bonds is 5. The van der Waals surface area contributed by atoms with E-state index in [1.165, 1.54) is 18.4 Å². The highest BCUT2D eigenvalue weighted by Gasteiger charge is 2.26. The van der Waals surface area contributed by atoms with E-state index >= 15 is 0 Å². The molecule has 0 saturated heterocycles. The van der Waals surface area contributed by atoms with Crippen molar-refractivity contribution in [1.82, 2.24) is 0 Å². The Kier molecular flexibility index (Phi) is 4.48. The van der Waals surface area contributed by atoms with Crippen LogP contribution in [-0.2, 0) is 0 Å². The lowest BCUT2D eigenvalue weighted by Gasteiger charge is -2.18. The molecule has 1 fully saturated rings. The van der Waals surface area contributed by atoms with E-state index in [2.05, 4.69) is 12.1 Å². The Morgan fingerprint density at radius 1 is 1.11 bits per heavy atom. The van der Waals surface area contributed by atoms with E-state index in [-0.39, 0.29) is 6.04 Å². The zero-order chi connectivity index (χ0) is 13.0. The predicted molar refractivity (Wildman–Crippen MR) is 73.3 cm³/mol. The second kappa shape index (κ2) is 6.10. The highest BCUT2D eigenvalue weighted by Crippen LogP contribution is 2.37. The molecule has 0 amide bonds. The lowest BCUT2D eigenvalue weighted by atomic mass is 9.94. The predicted octanol–water partition coefficient (Wildman–Crippen LogP) is 3.08. The molecule has 0 bridgehead atoms. The van der Waals surface area contributed by atoms with Gasteiger partial charge in [-0.15, -0.1) is 0 Å². The Balaban J connectivity index is 2.24. The molecule has 18 heavy (non-hydrogen) atoms. The van der Waals surface area contributed by atoms with Crippen molar-refractivity contribution >= 4 is 0 Å². The third kappa shape index (κ3) is 2.78. The van der Waals surface area contributed by atoms with Crippen LogP contribution >= 0.6 is 0 Å². The van der Waals surface area contributed by atoms with Gasteiger partial charge < -0.3 is 15.2 Å². The van der Waals surface area contributed by atoms with Gasteiger partial charge in [0.25, 0.3) is 0 Å². The fraction of sp³-hybridized carbons (Fsp3) is 0.600. The molecule has 2 unspecified atom stereocenters. The maximum absolute atomic E-state index is 6.16. The molecule has 0 radical (unpaired) electrons. The fourth-order valence-corrected chi connectivity index (χ4v) is 2.70. The summed E-state index contributed by atoms with van der Waals surface area (Å²) >= 11 is 0. The summed E-state index contributed by atoms with van der Waals surface area (Å²) in [5, 5.41) is 0. The molecule has 1 aromatic rings. The van der Waals surface area contributed by atoms with Crippen LogP contribution in [0.25, 0.3) is 0 Å². The first-order chi connectivity index (χ1) is 8.76. The molecule has 1 aromatic carbocycles. The smallest absolute Gasteiger partial charge is 0.161 e. The highest BCUT2D eigenvalue weighted by atomic mass is 16.5. The van der Waals surface area contributed by atoms with Crippen LogP contribution < -0.4 is 15.2 Å². The third-order valence-electron chi connectivity index (χ3n) is 3.57. The summed E-state index contributed by atoms with van der Waals surface area (Å²) in [6.07, 6.45) is 3.53. The summed E-state index contributed by atoms with van der Waals surface area (Å²) < 4.78 is 11.2. The first kappa shape index (κ1) is 13.2. The summed E-state index contributed by atoms with van der Waals surface area (Å²) in [5.41, 5.74) is 7.44. The molecule has 0 heterocycles. The molecule has 3 nitrogen and oxygen atoms in total. The largest absolute Gasteiger partial charge is 0.490 e. The average molecular weight is 249 g/mol. The van der Waals surface area contributed by atoms with Gasteiger partial charge in [-0.25, -0.2) is 0 Å². The van der Waals surface area contributed by atoms with Crippen molar-refractivity contribution in [3.63, 3.8) is 0 Å². The Labute approximate surface area is 109 Å². The second-order valence-corrected chi connectivity index (χ2v) is 4.77. The summed E-state index contributed by atoms with van der Waals surface area (Å²) in [4.78, 5) is 0. The first-order valence-electron chi connectivity index (χ1n) is 6.91. The summed E-state index contributed by atoms with van der Waals surface area (Å²) in [6.45, 7) is 5.28. The molecule has 2 rings (SSSR count). The van der Waals surface area contributed by atoms with Crippen LogP contribution in [0, 0.1) is 0 Å². The number of nitrogens with two attached hydrogens (primary N) is 1.